The molecule has 0 saturated heterocycles. The summed E-state index contributed by atoms with van der Waals surface area (Å²) in [6, 6.07) is 5.10. The van der Waals surface area contributed by atoms with Crippen LogP contribution in [0, 0.1) is 0 Å². The summed E-state index contributed by atoms with van der Waals surface area (Å²) in [6.07, 6.45) is 3.22. The van der Waals surface area contributed by atoms with E-state index < -0.39 is 0 Å². The highest BCUT2D eigenvalue weighted by molar-refractivity contribution is 5.71. The van der Waals surface area contributed by atoms with Gasteiger partial charge in [0.05, 0.1) is 0 Å². The van der Waals surface area contributed by atoms with Crippen LogP contribution in [-0.2, 0) is 4.79 Å². The summed E-state index contributed by atoms with van der Waals surface area (Å²) in [7, 11) is 0. The predicted octanol–water partition coefficient (Wildman–Crippen LogP) is 0.539. The van der Waals surface area contributed by atoms with Crippen molar-refractivity contribution >= 4 is 6.29 Å². The number of nitrogens with zero attached hydrogens (tertiary/aromatic N) is 1. The first-order valence-corrected chi connectivity index (χ1v) is 2.22. The van der Waals surface area contributed by atoms with Crippen LogP contribution in [0.25, 0.3) is 0 Å². The van der Waals surface area contributed by atoms with Crippen molar-refractivity contribution in [1.29, 1.82) is 0 Å². The molecule has 2 nitrogen and oxygen atoms in total. The van der Waals surface area contributed by atoms with Gasteiger partial charge < -0.3 is 0 Å². The van der Waals surface area contributed by atoms with Gasteiger partial charge >= 0.3 is 0 Å². The average molecular weight is 106 g/mol. The molecule has 1 aromatic rings. The molecular formula is C6H4NO. The van der Waals surface area contributed by atoms with Crippen LogP contribution in [0.1, 0.15) is 5.69 Å². The van der Waals surface area contributed by atoms with E-state index in [1.165, 1.54) is 0 Å². The molecule has 0 aliphatic carbocycles. The number of hydrogen-bond donors (Lipinski definition) is 0. The highest BCUT2D eigenvalue weighted by atomic mass is 16.1. The summed E-state index contributed by atoms with van der Waals surface area (Å²) in [4.78, 5) is 13.5. The van der Waals surface area contributed by atoms with Crippen LogP contribution < -0.4 is 0 Å². The molecule has 0 amide bonds. The fourth-order valence-corrected chi connectivity index (χ4v) is 0.423. The van der Waals surface area contributed by atoms with E-state index >= 15 is 0 Å². The Bertz CT molecular complexity index is 171. The summed E-state index contributed by atoms with van der Waals surface area (Å²) in [5.41, 5.74) is 0.354. The van der Waals surface area contributed by atoms with Crippen LogP contribution in [0.2, 0.25) is 0 Å². The van der Waals surface area contributed by atoms with Gasteiger partial charge in [0.25, 0.3) is 6.29 Å². The molecule has 0 bridgehead atoms. The molecule has 0 aliphatic rings. The third kappa shape index (κ3) is 0.904. The summed E-state index contributed by atoms with van der Waals surface area (Å²) < 4.78 is 0. The SMILES string of the molecule is O=[C]c1ccccn1. The fourth-order valence-electron chi connectivity index (χ4n) is 0.423. The Morgan fingerprint density at radius 3 is 2.75 bits per heavy atom. The van der Waals surface area contributed by atoms with Crippen molar-refractivity contribution in [3.05, 3.63) is 30.1 Å². The van der Waals surface area contributed by atoms with E-state index in [2.05, 4.69) is 4.98 Å². The van der Waals surface area contributed by atoms with E-state index in [0.29, 0.717) is 5.69 Å². The van der Waals surface area contributed by atoms with Crippen molar-refractivity contribution < 1.29 is 4.79 Å². The van der Waals surface area contributed by atoms with E-state index in [4.69, 9.17) is 0 Å². The van der Waals surface area contributed by atoms with Crippen molar-refractivity contribution in [2.24, 2.45) is 0 Å². The lowest BCUT2D eigenvalue weighted by molar-refractivity contribution is 0.561. The van der Waals surface area contributed by atoms with Crippen molar-refractivity contribution in [2.75, 3.05) is 0 Å². The summed E-state index contributed by atoms with van der Waals surface area (Å²) in [5, 5.41) is 0. The second kappa shape index (κ2) is 2.21. The summed E-state index contributed by atoms with van der Waals surface area (Å²) >= 11 is 0. The maximum Gasteiger partial charge on any atom is 0.253 e. The van der Waals surface area contributed by atoms with E-state index in [1.807, 2.05) is 0 Å². The molecule has 1 radical (unpaired) electrons. The van der Waals surface area contributed by atoms with Crippen LogP contribution in [0.5, 0.6) is 0 Å². The Morgan fingerprint density at radius 1 is 1.50 bits per heavy atom. The Hall–Kier alpha value is -1.18. The van der Waals surface area contributed by atoms with Gasteiger partial charge in [-0.3, -0.25) is 9.78 Å². The molecule has 0 spiro atoms. The van der Waals surface area contributed by atoms with Gasteiger partial charge in [0.1, 0.15) is 5.69 Å². The number of rotatable bonds is 1. The van der Waals surface area contributed by atoms with Gasteiger partial charge in [0.15, 0.2) is 0 Å². The minimum Gasteiger partial charge on any atom is -0.283 e. The first-order valence-electron chi connectivity index (χ1n) is 2.22. The molecule has 2 heteroatoms. The Balaban J connectivity index is 2.99. The van der Waals surface area contributed by atoms with Gasteiger partial charge in [-0.05, 0) is 12.1 Å². The lowest BCUT2D eigenvalue weighted by Gasteiger charge is -1.80. The topological polar surface area (TPSA) is 30.0 Å². The molecule has 0 atom stereocenters. The third-order valence-electron chi connectivity index (χ3n) is 0.769. The highest BCUT2D eigenvalue weighted by Crippen LogP contribution is 1.85. The molecule has 0 unspecified atom stereocenters. The first kappa shape index (κ1) is 4.97. The smallest absolute Gasteiger partial charge is 0.253 e. The molecule has 1 aromatic heterocycles. The molecular weight excluding hydrogens is 102 g/mol. The summed E-state index contributed by atoms with van der Waals surface area (Å²) in [6.45, 7) is 0. The normalized spacial score (nSPS) is 8.50. The lowest BCUT2D eigenvalue weighted by Crippen LogP contribution is -1.81. The monoisotopic (exact) mass is 106 g/mol. The van der Waals surface area contributed by atoms with Crippen LogP contribution in [-0.4, -0.2) is 11.3 Å². The Labute approximate surface area is 47.2 Å². The average Bonchev–Trinajstić information content (AvgIpc) is 1.90. The minimum absolute atomic E-state index is 0.354. The largest absolute Gasteiger partial charge is 0.283 e. The number of carbonyl (C=O) groups excluding carboxylic acids is 1. The number of aromatic nitrogens is 1. The highest BCUT2D eigenvalue weighted by Gasteiger charge is 1.83. The molecule has 1 rings (SSSR count). The minimum atomic E-state index is 0.354. The van der Waals surface area contributed by atoms with Gasteiger partial charge in [-0.2, -0.15) is 0 Å². The van der Waals surface area contributed by atoms with E-state index in [0.717, 1.165) is 0 Å². The Kier molecular flexibility index (Phi) is 1.37. The van der Waals surface area contributed by atoms with Crippen LogP contribution >= 0.6 is 0 Å². The molecule has 0 N–H and O–H groups in total. The lowest BCUT2D eigenvalue weighted by atomic mass is 10.4. The van der Waals surface area contributed by atoms with E-state index in [9.17, 15) is 4.79 Å². The maximum absolute atomic E-state index is 9.82. The van der Waals surface area contributed by atoms with Crippen molar-refractivity contribution in [2.45, 2.75) is 0 Å². The second-order valence-electron chi connectivity index (χ2n) is 1.32. The maximum atomic E-state index is 9.82. The van der Waals surface area contributed by atoms with Crippen molar-refractivity contribution in [3.8, 4) is 0 Å². The molecule has 8 heavy (non-hydrogen) atoms. The third-order valence-corrected chi connectivity index (χ3v) is 0.769. The van der Waals surface area contributed by atoms with Crippen molar-refractivity contribution in [3.63, 3.8) is 0 Å². The number of hydrogen-bond acceptors (Lipinski definition) is 2. The fraction of sp³-hybridized carbons (Fsp3) is 0. The van der Waals surface area contributed by atoms with E-state index in [-0.39, 0.29) is 0 Å². The van der Waals surface area contributed by atoms with Gasteiger partial charge in [-0.1, -0.05) is 6.07 Å². The standard InChI is InChI=1S/C6H4NO/c8-5-6-3-1-2-4-7-6/h1-4H. The number of pyridine rings is 1. The van der Waals surface area contributed by atoms with Crippen LogP contribution in [0.15, 0.2) is 24.4 Å². The zero-order chi connectivity index (χ0) is 5.82. The van der Waals surface area contributed by atoms with E-state index in [1.54, 1.807) is 30.7 Å². The Morgan fingerprint density at radius 2 is 2.38 bits per heavy atom. The molecule has 0 aromatic carbocycles. The quantitative estimate of drug-likeness (QED) is 0.523. The van der Waals surface area contributed by atoms with Gasteiger partial charge in [-0.25, -0.2) is 0 Å². The predicted molar refractivity (Wildman–Crippen MR) is 29.0 cm³/mol. The molecule has 39 valence electrons. The molecule has 1 heterocycles. The zero-order valence-electron chi connectivity index (χ0n) is 4.16. The van der Waals surface area contributed by atoms with Crippen molar-refractivity contribution in [1.82, 2.24) is 4.98 Å². The van der Waals surface area contributed by atoms with Gasteiger partial charge in [0.2, 0.25) is 0 Å². The molecule has 0 aliphatic heterocycles. The zero-order valence-corrected chi connectivity index (χ0v) is 4.16. The van der Waals surface area contributed by atoms with Gasteiger partial charge in [0, 0.05) is 6.20 Å². The molecule has 0 fully saturated rings. The second-order valence-corrected chi connectivity index (χ2v) is 1.32. The van der Waals surface area contributed by atoms with Crippen LogP contribution in [0.3, 0.4) is 0 Å². The summed E-state index contributed by atoms with van der Waals surface area (Å²) in [5.74, 6) is 0. The first-order chi connectivity index (χ1) is 3.93. The van der Waals surface area contributed by atoms with Crippen LogP contribution in [0.4, 0.5) is 0 Å². The van der Waals surface area contributed by atoms with Gasteiger partial charge in [-0.15, -0.1) is 0 Å². The molecule has 0 saturated carbocycles.